The molecular weight excluding hydrogens is 442 g/mol. The number of thioether (sulfide) groups is 1. The summed E-state index contributed by atoms with van der Waals surface area (Å²) in [6, 6.07) is 24.1. The molecule has 172 valence electrons. The summed E-state index contributed by atoms with van der Waals surface area (Å²) in [5, 5.41) is 2.96. The molecule has 1 unspecified atom stereocenters. The molecule has 5 nitrogen and oxygen atoms in total. The number of nitrogens with zero attached hydrogens (tertiary/aromatic N) is 2. The Bertz CT molecular complexity index is 1270. The number of rotatable bonds is 3. The fraction of sp³-hybridized carbons (Fsp3) is 0.214. The summed E-state index contributed by atoms with van der Waals surface area (Å²) in [5.41, 5.74) is 4.71. The Morgan fingerprint density at radius 1 is 1.03 bits per heavy atom. The highest BCUT2D eigenvalue weighted by Crippen LogP contribution is 2.39. The lowest BCUT2D eigenvalue weighted by Gasteiger charge is -2.41. The first kappa shape index (κ1) is 22.3. The summed E-state index contributed by atoms with van der Waals surface area (Å²) in [4.78, 5) is 31.8. The topological polar surface area (TPSA) is 52.6 Å². The molecule has 1 N–H and O–H groups in total. The standard InChI is InChI=1S/C28H27N3O2S/c1-19-7-6-10-23(15-19)31-14-13-30(18-20(31)2)28(33)22-11-12-25-24(17-22)29-27(32)26(34-25)16-21-8-4-3-5-9-21/h3-12,15-17,20H,13-14,18H2,1-2H3,(H,29,32)/b26-16-. The van der Waals surface area contributed by atoms with Crippen molar-refractivity contribution < 1.29 is 9.59 Å². The lowest BCUT2D eigenvalue weighted by molar-refractivity contribution is -0.112. The van der Waals surface area contributed by atoms with E-state index in [0.717, 1.165) is 17.0 Å². The third-order valence-corrected chi connectivity index (χ3v) is 7.36. The van der Waals surface area contributed by atoms with Crippen LogP contribution in [0.2, 0.25) is 0 Å². The zero-order valence-electron chi connectivity index (χ0n) is 19.3. The summed E-state index contributed by atoms with van der Waals surface area (Å²) >= 11 is 1.43. The van der Waals surface area contributed by atoms with Gasteiger partial charge in [0.25, 0.3) is 11.8 Å². The zero-order chi connectivity index (χ0) is 23.7. The molecule has 0 radical (unpaired) electrons. The Kier molecular flexibility index (Phi) is 6.16. The Hall–Kier alpha value is -3.51. The van der Waals surface area contributed by atoms with Crippen LogP contribution in [0, 0.1) is 6.92 Å². The van der Waals surface area contributed by atoms with E-state index in [1.165, 1.54) is 23.0 Å². The van der Waals surface area contributed by atoms with Crippen molar-refractivity contribution >= 4 is 41.0 Å². The first-order chi connectivity index (χ1) is 16.5. The minimum atomic E-state index is -0.147. The highest BCUT2D eigenvalue weighted by molar-refractivity contribution is 8.04. The smallest absolute Gasteiger partial charge is 0.262 e. The molecule has 2 aliphatic rings. The molecule has 3 aromatic carbocycles. The van der Waals surface area contributed by atoms with Crippen LogP contribution in [0.1, 0.15) is 28.4 Å². The molecule has 0 bridgehead atoms. The highest BCUT2D eigenvalue weighted by atomic mass is 32.2. The number of carbonyl (C=O) groups is 2. The average Bonchev–Trinajstić information content (AvgIpc) is 2.84. The molecule has 2 aliphatic heterocycles. The molecule has 6 heteroatoms. The summed E-state index contributed by atoms with van der Waals surface area (Å²) in [7, 11) is 0. The van der Waals surface area contributed by atoms with Gasteiger partial charge in [0.15, 0.2) is 0 Å². The van der Waals surface area contributed by atoms with E-state index in [-0.39, 0.29) is 17.9 Å². The van der Waals surface area contributed by atoms with Crippen LogP contribution >= 0.6 is 11.8 Å². The maximum atomic E-state index is 13.3. The first-order valence-corrected chi connectivity index (χ1v) is 12.3. The van der Waals surface area contributed by atoms with Crippen LogP contribution in [0.15, 0.2) is 82.6 Å². The molecule has 0 saturated carbocycles. The summed E-state index contributed by atoms with van der Waals surface area (Å²) in [6.45, 7) is 6.38. The fourth-order valence-corrected chi connectivity index (χ4v) is 5.44. The van der Waals surface area contributed by atoms with Crippen LogP contribution < -0.4 is 10.2 Å². The minimum Gasteiger partial charge on any atom is -0.365 e. The second kappa shape index (κ2) is 9.39. The normalized spacial score (nSPS) is 19.1. The molecular formula is C28H27N3O2S. The van der Waals surface area contributed by atoms with Crippen LogP contribution in [0.3, 0.4) is 0 Å². The molecule has 0 aliphatic carbocycles. The van der Waals surface area contributed by atoms with Gasteiger partial charge in [-0.3, -0.25) is 9.59 Å². The highest BCUT2D eigenvalue weighted by Gasteiger charge is 2.29. The SMILES string of the molecule is Cc1cccc(N2CCN(C(=O)c3ccc4c(c3)NC(=O)/C(=C/c3ccccc3)S4)CC2C)c1. The van der Waals surface area contributed by atoms with E-state index < -0.39 is 0 Å². The number of fused-ring (bicyclic) bond motifs is 1. The predicted octanol–water partition coefficient (Wildman–Crippen LogP) is 5.43. The summed E-state index contributed by atoms with van der Waals surface area (Å²) < 4.78 is 0. The zero-order valence-corrected chi connectivity index (χ0v) is 20.1. The summed E-state index contributed by atoms with van der Waals surface area (Å²) in [6.07, 6.45) is 1.89. The van der Waals surface area contributed by atoms with Crippen molar-refractivity contribution in [1.29, 1.82) is 0 Å². The van der Waals surface area contributed by atoms with Gasteiger partial charge in [0.1, 0.15) is 0 Å². The largest absolute Gasteiger partial charge is 0.365 e. The number of nitrogens with one attached hydrogen (secondary N) is 1. The average molecular weight is 470 g/mol. The van der Waals surface area contributed by atoms with E-state index in [4.69, 9.17) is 0 Å². The molecule has 1 fully saturated rings. The van der Waals surface area contributed by atoms with Crippen molar-refractivity contribution in [3.63, 3.8) is 0 Å². The molecule has 2 heterocycles. The monoisotopic (exact) mass is 469 g/mol. The van der Waals surface area contributed by atoms with Crippen molar-refractivity contribution in [3.8, 4) is 0 Å². The maximum absolute atomic E-state index is 13.3. The van der Waals surface area contributed by atoms with Gasteiger partial charge in [0.05, 0.1) is 10.6 Å². The predicted molar refractivity (Wildman–Crippen MR) is 139 cm³/mol. The van der Waals surface area contributed by atoms with Gasteiger partial charge < -0.3 is 15.1 Å². The number of carbonyl (C=O) groups excluding carboxylic acids is 2. The molecule has 0 spiro atoms. The van der Waals surface area contributed by atoms with Gasteiger partial charge in [-0.15, -0.1) is 0 Å². The maximum Gasteiger partial charge on any atom is 0.262 e. The van der Waals surface area contributed by atoms with Crippen LogP contribution in [0.5, 0.6) is 0 Å². The number of piperazine rings is 1. The van der Waals surface area contributed by atoms with Crippen molar-refractivity contribution in [2.75, 3.05) is 29.9 Å². The number of hydrogen-bond acceptors (Lipinski definition) is 4. The molecule has 1 saturated heterocycles. The first-order valence-electron chi connectivity index (χ1n) is 11.5. The van der Waals surface area contributed by atoms with Crippen LogP contribution in [-0.4, -0.2) is 42.4 Å². The van der Waals surface area contributed by atoms with Crippen LogP contribution in [0.25, 0.3) is 6.08 Å². The van der Waals surface area contributed by atoms with E-state index in [2.05, 4.69) is 48.3 Å². The Morgan fingerprint density at radius 3 is 2.62 bits per heavy atom. The summed E-state index contributed by atoms with van der Waals surface area (Å²) in [5.74, 6) is -0.144. The van der Waals surface area contributed by atoms with Gasteiger partial charge in [-0.25, -0.2) is 0 Å². The van der Waals surface area contributed by atoms with Gasteiger partial charge in [0, 0.05) is 41.8 Å². The quantitative estimate of drug-likeness (QED) is 0.520. The molecule has 2 amide bonds. The Morgan fingerprint density at radius 2 is 1.85 bits per heavy atom. The lowest BCUT2D eigenvalue weighted by atomic mass is 10.1. The minimum absolute atomic E-state index is 0.00316. The van der Waals surface area contributed by atoms with Gasteiger partial charge >= 0.3 is 0 Å². The number of benzene rings is 3. The molecule has 3 aromatic rings. The van der Waals surface area contributed by atoms with Crippen LogP contribution in [0.4, 0.5) is 11.4 Å². The van der Waals surface area contributed by atoms with E-state index in [1.807, 2.05) is 53.4 Å². The molecule has 1 atom stereocenters. The van der Waals surface area contributed by atoms with Crippen molar-refractivity contribution in [2.45, 2.75) is 24.8 Å². The van der Waals surface area contributed by atoms with E-state index in [0.29, 0.717) is 29.2 Å². The Balaban J connectivity index is 1.30. The van der Waals surface area contributed by atoms with Gasteiger partial charge in [-0.2, -0.15) is 0 Å². The molecule has 0 aromatic heterocycles. The van der Waals surface area contributed by atoms with E-state index in [1.54, 1.807) is 6.07 Å². The van der Waals surface area contributed by atoms with Gasteiger partial charge in [-0.1, -0.05) is 54.2 Å². The third-order valence-electron chi connectivity index (χ3n) is 6.26. The van der Waals surface area contributed by atoms with Crippen molar-refractivity contribution in [1.82, 2.24) is 4.90 Å². The van der Waals surface area contributed by atoms with Crippen molar-refractivity contribution in [2.24, 2.45) is 0 Å². The Labute approximate surface area is 204 Å². The number of aryl methyl sites for hydroxylation is 1. The number of amides is 2. The van der Waals surface area contributed by atoms with Gasteiger partial charge in [0.2, 0.25) is 0 Å². The number of anilines is 2. The molecule has 34 heavy (non-hydrogen) atoms. The van der Waals surface area contributed by atoms with Crippen LogP contribution in [-0.2, 0) is 4.79 Å². The lowest BCUT2D eigenvalue weighted by Crippen LogP contribution is -2.53. The van der Waals surface area contributed by atoms with E-state index in [9.17, 15) is 9.59 Å². The van der Waals surface area contributed by atoms with E-state index >= 15 is 0 Å². The second-order valence-electron chi connectivity index (χ2n) is 8.82. The second-order valence-corrected chi connectivity index (χ2v) is 9.90. The van der Waals surface area contributed by atoms with Gasteiger partial charge in [-0.05, 0) is 61.4 Å². The third kappa shape index (κ3) is 4.59. The van der Waals surface area contributed by atoms with Crippen molar-refractivity contribution in [3.05, 3.63) is 94.4 Å². The number of hydrogen-bond donors (Lipinski definition) is 1. The molecule has 5 rings (SSSR count). The fourth-order valence-electron chi connectivity index (χ4n) is 4.51.